The van der Waals surface area contributed by atoms with E-state index in [1.54, 1.807) is 11.8 Å². The first kappa shape index (κ1) is 15.0. The molecular weight excluding hydrogens is 295 g/mol. The third-order valence-electron chi connectivity index (χ3n) is 3.08. The van der Waals surface area contributed by atoms with E-state index >= 15 is 0 Å². The molecule has 0 aliphatic carbocycles. The number of fused-ring (bicyclic) bond motifs is 1. The van der Waals surface area contributed by atoms with Crippen molar-refractivity contribution < 1.29 is 13.2 Å². The molecule has 1 aliphatic rings. The minimum atomic E-state index is -4.17. The summed E-state index contributed by atoms with van der Waals surface area (Å²) in [5, 5.41) is 0. The molecule has 19 heavy (non-hydrogen) atoms. The van der Waals surface area contributed by atoms with E-state index in [4.69, 9.17) is 11.6 Å². The molecule has 0 aromatic heterocycles. The van der Waals surface area contributed by atoms with Gasteiger partial charge in [-0.05, 0) is 11.6 Å². The number of hydrogen-bond acceptors (Lipinski definition) is 2. The normalized spacial score (nSPS) is 18.9. The van der Waals surface area contributed by atoms with E-state index < -0.39 is 12.7 Å². The van der Waals surface area contributed by atoms with Crippen LogP contribution in [0.25, 0.3) is 0 Å². The van der Waals surface area contributed by atoms with E-state index in [0.29, 0.717) is 6.54 Å². The Morgan fingerprint density at radius 1 is 1.32 bits per heavy atom. The Balaban J connectivity index is 2.02. The Morgan fingerprint density at radius 3 is 2.74 bits per heavy atom. The van der Waals surface area contributed by atoms with Gasteiger partial charge in [0.25, 0.3) is 0 Å². The van der Waals surface area contributed by atoms with Gasteiger partial charge in [0.1, 0.15) is 0 Å². The van der Waals surface area contributed by atoms with Crippen LogP contribution >= 0.6 is 23.4 Å². The van der Waals surface area contributed by atoms with E-state index in [-0.39, 0.29) is 18.3 Å². The zero-order valence-electron chi connectivity index (χ0n) is 10.3. The van der Waals surface area contributed by atoms with Crippen molar-refractivity contribution in [2.45, 2.75) is 17.0 Å². The topological polar surface area (TPSA) is 3.24 Å². The molecule has 2 rings (SSSR count). The molecule has 1 unspecified atom stereocenters. The average Bonchev–Trinajstić information content (AvgIpc) is 2.71. The van der Waals surface area contributed by atoms with Crippen LogP contribution in [0.15, 0.2) is 29.2 Å². The second-order valence-corrected chi connectivity index (χ2v) is 6.02. The van der Waals surface area contributed by atoms with Gasteiger partial charge >= 0.3 is 6.18 Å². The summed E-state index contributed by atoms with van der Waals surface area (Å²) in [4.78, 5) is 2.59. The molecule has 0 bridgehead atoms. The first-order valence-electron chi connectivity index (χ1n) is 6.06. The van der Waals surface area contributed by atoms with Gasteiger partial charge in [-0.2, -0.15) is 13.2 Å². The highest BCUT2D eigenvalue weighted by Gasteiger charge is 2.33. The second-order valence-electron chi connectivity index (χ2n) is 4.59. The van der Waals surface area contributed by atoms with E-state index in [1.165, 1.54) is 9.80 Å². The van der Waals surface area contributed by atoms with Crippen LogP contribution in [-0.4, -0.2) is 42.3 Å². The number of halogens is 4. The van der Waals surface area contributed by atoms with Crippen molar-refractivity contribution in [3.63, 3.8) is 0 Å². The minimum Gasteiger partial charge on any atom is -0.293 e. The van der Waals surface area contributed by atoms with Crippen LogP contribution < -0.4 is 0 Å². The van der Waals surface area contributed by atoms with Crippen LogP contribution in [0, 0.1) is 0 Å². The number of hydrogen-bond donors (Lipinski definition) is 0. The van der Waals surface area contributed by atoms with Gasteiger partial charge in [0.15, 0.2) is 0 Å². The average molecular weight is 310 g/mol. The van der Waals surface area contributed by atoms with Gasteiger partial charge in [0.05, 0.1) is 6.54 Å². The Bertz CT molecular complexity index is 425. The standard InChI is InChI=1S/C13H15ClF3NS/c14-5-6-18(9-13(15,16)17)7-10-8-19-12-4-2-1-3-11(10)12/h1-4,10H,5-9H2. The third-order valence-corrected chi connectivity index (χ3v) is 4.50. The first-order chi connectivity index (χ1) is 8.99. The van der Waals surface area contributed by atoms with E-state index in [0.717, 1.165) is 11.3 Å². The quantitative estimate of drug-likeness (QED) is 0.757. The molecule has 1 nitrogen and oxygen atoms in total. The predicted molar refractivity (Wildman–Crippen MR) is 73.1 cm³/mol. The Morgan fingerprint density at radius 2 is 2.05 bits per heavy atom. The third kappa shape index (κ3) is 4.29. The zero-order valence-corrected chi connectivity index (χ0v) is 11.9. The van der Waals surface area contributed by atoms with Crippen LogP contribution in [0.3, 0.4) is 0 Å². The van der Waals surface area contributed by atoms with Gasteiger partial charge in [-0.3, -0.25) is 4.90 Å². The molecule has 0 saturated carbocycles. The number of alkyl halides is 4. The maximum Gasteiger partial charge on any atom is 0.401 e. The van der Waals surface area contributed by atoms with E-state index in [1.807, 2.05) is 24.3 Å². The fourth-order valence-corrected chi connectivity index (χ4v) is 3.78. The van der Waals surface area contributed by atoms with Crippen molar-refractivity contribution in [1.29, 1.82) is 0 Å². The van der Waals surface area contributed by atoms with Gasteiger partial charge in [0, 0.05) is 35.5 Å². The van der Waals surface area contributed by atoms with Gasteiger partial charge in [-0.1, -0.05) is 18.2 Å². The fourth-order valence-electron chi connectivity index (χ4n) is 2.30. The highest BCUT2D eigenvalue weighted by Crippen LogP contribution is 2.39. The van der Waals surface area contributed by atoms with Crippen LogP contribution in [0.5, 0.6) is 0 Å². The van der Waals surface area contributed by atoms with Gasteiger partial charge in [0.2, 0.25) is 0 Å². The van der Waals surface area contributed by atoms with E-state index in [2.05, 4.69) is 0 Å². The summed E-state index contributed by atoms with van der Waals surface area (Å²) < 4.78 is 37.5. The fraction of sp³-hybridized carbons (Fsp3) is 0.538. The van der Waals surface area contributed by atoms with Crippen molar-refractivity contribution in [2.24, 2.45) is 0 Å². The monoisotopic (exact) mass is 309 g/mol. The number of nitrogens with zero attached hydrogens (tertiary/aromatic N) is 1. The lowest BCUT2D eigenvalue weighted by molar-refractivity contribution is -0.145. The Hall–Kier alpha value is -0.390. The van der Waals surface area contributed by atoms with Gasteiger partial charge < -0.3 is 0 Å². The molecule has 1 aromatic rings. The SMILES string of the molecule is FC(F)(F)CN(CCCl)CC1CSc2ccccc21. The molecular formula is C13H15ClF3NS. The Labute approximate surface area is 120 Å². The predicted octanol–water partition coefficient (Wildman–Crippen LogP) is 3.98. The molecule has 0 spiro atoms. The molecule has 6 heteroatoms. The molecule has 1 aliphatic heterocycles. The van der Waals surface area contributed by atoms with Crippen molar-refractivity contribution in [1.82, 2.24) is 4.90 Å². The van der Waals surface area contributed by atoms with E-state index in [9.17, 15) is 13.2 Å². The molecule has 0 amide bonds. The molecule has 0 saturated heterocycles. The number of benzene rings is 1. The molecule has 0 N–H and O–H groups in total. The van der Waals surface area contributed by atoms with Gasteiger partial charge in [-0.25, -0.2) is 0 Å². The molecule has 1 atom stereocenters. The summed E-state index contributed by atoms with van der Waals surface area (Å²) in [7, 11) is 0. The van der Waals surface area contributed by atoms with Gasteiger partial charge in [-0.15, -0.1) is 23.4 Å². The lowest BCUT2D eigenvalue weighted by Gasteiger charge is -2.25. The van der Waals surface area contributed by atoms with Crippen LogP contribution in [-0.2, 0) is 0 Å². The van der Waals surface area contributed by atoms with Crippen molar-refractivity contribution >= 4 is 23.4 Å². The van der Waals surface area contributed by atoms with Crippen molar-refractivity contribution in [3.8, 4) is 0 Å². The zero-order chi connectivity index (χ0) is 13.9. The van der Waals surface area contributed by atoms with Crippen molar-refractivity contribution in [2.75, 3.05) is 31.3 Å². The summed E-state index contributed by atoms with van der Waals surface area (Å²) in [5.74, 6) is 1.22. The molecule has 1 aromatic carbocycles. The van der Waals surface area contributed by atoms with Crippen LogP contribution in [0.2, 0.25) is 0 Å². The molecule has 106 valence electrons. The highest BCUT2D eigenvalue weighted by atomic mass is 35.5. The molecule has 1 heterocycles. The Kier molecular flexibility index (Phi) is 5.03. The molecule has 0 radical (unpaired) electrons. The smallest absolute Gasteiger partial charge is 0.293 e. The number of rotatable bonds is 5. The first-order valence-corrected chi connectivity index (χ1v) is 7.58. The molecule has 0 fully saturated rings. The maximum absolute atomic E-state index is 12.5. The largest absolute Gasteiger partial charge is 0.401 e. The van der Waals surface area contributed by atoms with Crippen LogP contribution in [0.1, 0.15) is 11.5 Å². The van der Waals surface area contributed by atoms with Crippen LogP contribution in [0.4, 0.5) is 13.2 Å². The summed E-state index contributed by atoms with van der Waals surface area (Å²) in [6.07, 6.45) is -4.17. The summed E-state index contributed by atoms with van der Waals surface area (Å²) in [6, 6.07) is 7.93. The lowest BCUT2D eigenvalue weighted by atomic mass is 10.0. The maximum atomic E-state index is 12.5. The lowest BCUT2D eigenvalue weighted by Crippen LogP contribution is -2.38. The van der Waals surface area contributed by atoms with Crippen molar-refractivity contribution in [3.05, 3.63) is 29.8 Å². The summed E-state index contributed by atoms with van der Waals surface area (Å²) in [5.41, 5.74) is 1.16. The highest BCUT2D eigenvalue weighted by molar-refractivity contribution is 7.99. The summed E-state index contributed by atoms with van der Waals surface area (Å²) in [6.45, 7) is -0.205. The number of thioether (sulfide) groups is 1. The minimum absolute atomic E-state index is 0.159. The summed E-state index contributed by atoms with van der Waals surface area (Å²) >= 11 is 7.31. The second kappa shape index (κ2) is 6.37.